The highest BCUT2D eigenvalue weighted by molar-refractivity contribution is 5.57. The third-order valence-corrected chi connectivity index (χ3v) is 3.03. The van der Waals surface area contributed by atoms with Gasteiger partial charge in [-0.2, -0.15) is 0 Å². The average molecular weight is 260 g/mol. The van der Waals surface area contributed by atoms with E-state index in [1.807, 2.05) is 26.0 Å². The molecule has 0 aromatic carbocycles. The Labute approximate surface area is 113 Å². The SMILES string of the molecule is Cc1ccc(C(C)Nc2ncnc(N)c2C(C)C)o1. The van der Waals surface area contributed by atoms with Gasteiger partial charge in [0.2, 0.25) is 0 Å². The second kappa shape index (κ2) is 5.30. The number of nitrogens with one attached hydrogen (secondary N) is 1. The number of anilines is 2. The molecule has 0 amide bonds. The van der Waals surface area contributed by atoms with E-state index >= 15 is 0 Å². The summed E-state index contributed by atoms with van der Waals surface area (Å²) in [5.74, 6) is 3.33. The standard InChI is InChI=1S/C14H20N4O/c1-8(2)12-13(15)16-7-17-14(12)18-10(4)11-6-5-9(3)19-11/h5-8,10H,1-4H3,(H3,15,16,17,18). The van der Waals surface area contributed by atoms with E-state index in [0.717, 1.165) is 22.9 Å². The maximum absolute atomic E-state index is 5.93. The van der Waals surface area contributed by atoms with E-state index in [4.69, 9.17) is 10.2 Å². The number of aryl methyl sites for hydroxylation is 1. The lowest BCUT2D eigenvalue weighted by Crippen LogP contribution is -2.12. The lowest BCUT2D eigenvalue weighted by atomic mass is 10.0. The zero-order valence-electron chi connectivity index (χ0n) is 11.8. The van der Waals surface area contributed by atoms with Crippen molar-refractivity contribution < 1.29 is 4.42 Å². The zero-order valence-corrected chi connectivity index (χ0v) is 11.8. The van der Waals surface area contributed by atoms with Gasteiger partial charge in [-0.25, -0.2) is 9.97 Å². The van der Waals surface area contributed by atoms with Gasteiger partial charge in [0.25, 0.3) is 0 Å². The van der Waals surface area contributed by atoms with Crippen molar-refractivity contribution in [3.8, 4) is 0 Å². The zero-order chi connectivity index (χ0) is 14.0. The molecule has 3 N–H and O–H groups in total. The fourth-order valence-corrected chi connectivity index (χ4v) is 2.06. The summed E-state index contributed by atoms with van der Waals surface area (Å²) in [6.45, 7) is 8.10. The van der Waals surface area contributed by atoms with Crippen LogP contribution in [0.5, 0.6) is 0 Å². The van der Waals surface area contributed by atoms with E-state index in [1.54, 1.807) is 0 Å². The molecule has 19 heavy (non-hydrogen) atoms. The van der Waals surface area contributed by atoms with Crippen LogP contribution in [0.2, 0.25) is 0 Å². The van der Waals surface area contributed by atoms with Crippen LogP contribution in [0.1, 0.15) is 49.8 Å². The van der Waals surface area contributed by atoms with Crippen LogP contribution in [0.4, 0.5) is 11.6 Å². The minimum Gasteiger partial charge on any atom is -0.464 e. The maximum atomic E-state index is 5.93. The van der Waals surface area contributed by atoms with Gasteiger partial charge in [0.15, 0.2) is 0 Å². The van der Waals surface area contributed by atoms with E-state index < -0.39 is 0 Å². The highest BCUT2D eigenvalue weighted by Crippen LogP contribution is 2.29. The minimum atomic E-state index is 0.0282. The molecule has 0 fully saturated rings. The van der Waals surface area contributed by atoms with E-state index in [-0.39, 0.29) is 12.0 Å². The van der Waals surface area contributed by atoms with Crippen molar-refractivity contribution in [3.05, 3.63) is 35.5 Å². The predicted molar refractivity (Wildman–Crippen MR) is 76.0 cm³/mol. The number of hydrogen-bond donors (Lipinski definition) is 2. The van der Waals surface area contributed by atoms with Crippen LogP contribution in [0.15, 0.2) is 22.9 Å². The first-order chi connectivity index (χ1) is 8.99. The molecule has 2 rings (SSSR count). The molecule has 0 aliphatic heterocycles. The van der Waals surface area contributed by atoms with Crippen molar-refractivity contribution in [1.82, 2.24) is 9.97 Å². The van der Waals surface area contributed by atoms with E-state index in [1.165, 1.54) is 6.33 Å². The molecule has 0 bridgehead atoms. The molecule has 0 radical (unpaired) electrons. The predicted octanol–water partition coefficient (Wildman–Crippen LogP) is 3.26. The van der Waals surface area contributed by atoms with Gasteiger partial charge in [0.05, 0.1) is 6.04 Å². The Balaban J connectivity index is 2.26. The summed E-state index contributed by atoms with van der Waals surface area (Å²) in [6, 6.07) is 3.94. The largest absolute Gasteiger partial charge is 0.464 e. The van der Waals surface area contributed by atoms with Crippen molar-refractivity contribution in [2.24, 2.45) is 0 Å². The Hall–Kier alpha value is -2.04. The molecule has 0 spiro atoms. The number of rotatable bonds is 4. The van der Waals surface area contributed by atoms with Crippen molar-refractivity contribution in [2.45, 2.75) is 39.7 Å². The van der Waals surface area contributed by atoms with E-state index in [9.17, 15) is 0 Å². The van der Waals surface area contributed by atoms with Crippen LogP contribution < -0.4 is 11.1 Å². The summed E-state index contributed by atoms with van der Waals surface area (Å²) in [4.78, 5) is 8.34. The molecule has 102 valence electrons. The lowest BCUT2D eigenvalue weighted by Gasteiger charge is -2.18. The van der Waals surface area contributed by atoms with Crippen LogP contribution in [0, 0.1) is 6.92 Å². The van der Waals surface area contributed by atoms with Crippen molar-refractivity contribution in [2.75, 3.05) is 11.1 Å². The number of furan rings is 1. The van der Waals surface area contributed by atoms with Gasteiger partial charge in [-0.05, 0) is 31.9 Å². The summed E-state index contributed by atoms with van der Waals surface area (Å²) < 4.78 is 5.61. The Morgan fingerprint density at radius 1 is 1.21 bits per heavy atom. The van der Waals surface area contributed by atoms with Gasteiger partial charge in [-0.3, -0.25) is 0 Å². The second-order valence-electron chi connectivity index (χ2n) is 4.99. The van der Waals surface area contributed by atoms with Gasteiger partial charge in [-0.15, -0.1) is 0 Å². The molecule has 5 nitrogen and oxygen atoms in total. The Bertz CT molecular complexity index is 562. The van der Waals surface area contributed by atoms with Gasteiger partial charge >= 0.3 is 0 Å². The van der Waals surface area contributed by atoms with E-state index in [0.29, 0.717) is 5.82 Å². The molecular weight excluding hydrogens is 240 g/mol. The minimum absolute atomic E-state index is 0.0282. The number of hydrogen-bond acceptors (Lipinski definition) is 5. The van der Waals surface area contributed by atoms with Crippen molar-refractivity contribution in [1.29, 1.82) is 0 Å². The lowest BCUT2D eigenvalue weighted by molar-refractivity contribution is 0.466. The molecule has 1 atom stereocenters. The van der Waals surface area contributed by atoms with Crippen LogP contribution in [0.25, 0.3) is 0 Å². The first kappa shape index (κ1) is 13.4. The third kappa shape index (κ3) is 2.86. The number of nitrogens with two attached hydrogens (primary N) is 1. The number of nitrogens with zero attached hydrogens (tertiary/aromatic N) is 2. The summed E-state index contributed by atoms with van der Waals surface area (Å²) >= 11 is 0. The molecule has 2 heterocycles. The van der Waals surface area contributed by atoms with Gasteiger partial charge in [0, 0.05) is 5.56 Å². The van der Waals surface area contributed by atoms with Gasteiger partial charge in [0.1, 0.15) is 29.5 Å². The Morgan fingerprint density at radius 2 is 1.95 bits per heavy atom. The van der Waals surface area contributed by atoms with Crippen LogP contribution in [0.3, 0.4) is 0 Å². The molecular formula is C14H20N4O. The summed E-state index contributed by atoms with van der Waals surface area (Å²) in [6.07, 6.45) is 1.48. The highest BCUT2D eigenvalue weighted by Gasteiger charge is 2.16. The number of nitrogen functional groups attached to an aromatic ring is 1. The molecule has 2 aromatic heterocycles. The average Bonchev–Trinajstić information content (AvgIpc) is 2.75. The topological polar surface area (TPSA) is 77.0 Å². The smallest absolute Gasteiger partial charge is 0.135 e. The molecule has 0 aliphatic rings. The van der Waals surface area contributed by atoms with Crippen LogP contribution in [-0.2, 0) is 0 Å². The van der Waals surface area contributed by atoms with Crippen molar-refractivity contribution >= 4 is 11.6 Å². The first-order valence-corrected chi connectivity index (χ1v) is 6.42. The Kier molecular flexibility index (Phi) is 3.74. The number of aromatic nitrogens is 2. The normalized spacial score (nSPS) is 12.7. The van der Waals surface area contributed by atoms with Gasteiger partial charge < -0.3 is 15.5 Å². The van der Waals surface area contributed by atoms with Crippen LogP contribution in [-0.4, -0.2) is 9.97 Å². The fraction of sp³-hybridized carbons (Fsp3) is 0.429. The Morgan fingerprint density at radius 3 is 2.53 bits per heavy atom. The summed E-state index contributed by atoms with van der Waals surface area (Å²) in [5.41, 5.74) is 6.87. The van der Waals surface area contributed by atoms with Gasteiger partial charge in [-0.1, -0.05) is 13.8 Å². The summed E-state index contributed by atoms with van der Waals surface area (Å²) in [5, 5.41) is 3.34. The molecule has 5 heteroatoms. The molecule has 0 saturated heterocycles. The first-order valence-electron chi connectivity index (χ1n) is 6.42. The fourth-order valence-electron chi connectivity index (χ4n) is 2.06. The molecule has 0 aliphatic carbocycles. The third-order valence-electron chi connectivity index (χ3n) is 3.03. The molecule has 0 saturated carbocycles. The molecule has 2 aromatic rings. The summed E-state index contributed by atoms with van der Waals surface area (Å²) in [7, 11) is 0. The highest BCUT2D eigenvalue weighted by atomic mass is 16.3. The van der Waals surface area contributed by atoms with Crippen molar-refractivity contribution in [3.63, 3.8) is 0 Å². The maximum Gasteiger partial charge on any atom is 0.135 e. The van der Waals surface area contributed by atoms with Crippen LogP contribution >= 0.6 is 0 Å². The quantitative estimate of drug-likeness (QED) is 0.882. The molecule has 1 unspecified atom stereocenters. The van der Waals surface area contributed by atoms with E-state index in [2.05, 4.69) is 29.1 Å². The second-order valence-corrected chi connectivity index (χ2v) is 4.99. The monoisotopic (exact) mass is 260 g/mol.